The number of hydrogen-bond donors (Lipinski definition) is 0. The first-order valence-electron chi connectivity index (χ1n) is 8.87. The van der Waals surface area contributed by atoms with E-state index in [2.05, 4.69) is 18.0 Å². The maximum atomic E-state index is 13.4. The maximum absolute atomic E-state index is 13.4. The summed E-state index contributed by atoms with van der Waals surface area (Å²) in [5.41, 5.74) is 3.55. The molecule has 0 radical (unpaired) electrons. The van der Waals surface area contributed by atoms with E-state index in [4.69, 9.17) is 4.98 Å². The number of benzene rings is 2. The average Bonchev–Trinajstić information content (AvgIpc) is 3.15. The summed E-state index contributed by atoms with van der Waals surface area (Å²) in [4.78, 5) is 25.3. The highest BCUT2D eigenvalue weighted by molar-refractivity contribution is 7.98. The molecule has 28 heavy (non-hydrogen) atoms. The number of pyridine rings is 1. The highest BCUT2D eigenvalue weighted by Crippen LogP contribution is 2.31. The van der Waals surface area contributed by atoms with Gasteiger partial charge in [-0.1, -0.05) is 23.5 Å². The molecule has 0 N–H and O–H groups in total. The van der Waals surface area contributed by atoms with E-state index in [9.17, 15) is 4.79 Å². The van der Waals surface area contributed by atoms with Crippen LogP contribution in [0.4, 0.5) is 5.13 Å². The molecule has 6 heteroatoms. The molecular formula is C22H19N3OS2. The number of carbonyl (C=O) groups excluding carboxylic acids is 1. The molecule has 0 saturated heterocycles. The predicted octanol–water partition coefficient (Wildman–Crippen LogP) is 5.57. The molecule has 0 fully saturated rings. The van der Waals surface area contributed by atoms with Gasteiger partial charge in [-0.25, -0.2) is 4.98 Å². The van der Waals surface area contributed by atoms with E-state index in [0.29, 0.717) is 17.2 Å². The quantitative estimate of drug-likeness (QED) is 0.407. The number of carbonyl (C=O) groups is 1. The average molecular weight is 406 g/mol. The van der Waals surface area contributed by atoms with Gasteiger partial charge in [-0.15, -0.1) is 11.8 Å². The van der Waals surface area contributed by atoms with E-state index in [0.717, 1.165) is 20.8 Å². The van der Waals surface area contributed by atoms with Gasteiger partial charge in [-0.05, 0) is 67.3 Å². The van der Waals surface area contributed by atoms with Crippen LogP contribution in [0.5, 0.6) is 0 Å². The van der Waals surface area contributed by atoms with E-state index in [-0.39, 0.29) is 5.91 Å². The van der Waals surface area contributed by atoms with Crippen molar-refractivity contribution in [1.29, 1.82) is 0 Å². The van der Waals surface area contributed by atoms with Crippen LogP contribution in [0.25, 0.3) is 10.2 Å². The Hall–Kier alpha value is -2.70. The fourth-order valence-electron chi connectivity index (χ4n) is 2.90. The molecule has 2 aromatic heterocycles. The Labute approximate surface area is 172 Å². The first kappa shape index (κ1) is 18.7. The lowest BCUT2D eigenvalue weighted by atomic mass is 10.2. The highest BCUT2D eigenvalue weighted by atomic mass is 32.2. The van der Waals surface area contributed by atoms with Crippen LogP contribution in [-0.2, 0) is 6.54 Å². The van der Waals surface area contributed by atoms with Crippen molar-refractivity contribution in [2.75, 3.05) is 11.2 Å². The minimum absolute atomic E-state index is 0.0749. The second kappa shape index (κ2) is 8.12. The van der Waals surface area contributed by atoms with Crippen LogP contribution in [0.2, 0.25) is 0 Å². The van der Waals surface area contributed by atoms with E-state index >= 15 is 0 Å². The summed E-state index contributed by atoms with van der Waals surface area (Å²) >= 11 is 3.19. The second-order valence-electron chi connectivity index (χ2n) is 6.41. The molecule has 4 nitrogen and oxygen atoms in total. The SMILES string of the molecule is CSc1ccc(C(=O)N(Cc2ccccn2)c2nc3ccc(C)cc3s2)cc1. The molecule has 0 spiro atoms. The van der Waals surface area contributed by atoms with Crippen LogP contribution in [0.3, 0.4) is 0 Å². The molecule has 0 unspecified atom stereocenters. The molecule has 0 atom stereocenters. The monoisotopic (exact) mass is 405 g/mol. The molecule has 2 heterocycles. The number of hydrogen-bond acceptors (Lipinski definition) is 5. The van der Waals surface area contributed by atoms with E-state index in [1.165, 1.54) is 16.9 Å². The normalized spacial score (nSPS) is 10.9. The smallest absolute Gasteiger partial charge is 0.260 e. The van der Waals surface area contributed by atoms with Crippen LogP contribution in [0, 0.1) is 6.92 Å². The topological polar surface area (TPSA) is 46.1 Å². The van der Waals surface area contributed by atoms with Crippen molar-refractivity contribution in [1.82, 2.24) is 9.97 Å². The molecule has 0 aliphatic rings. The highest BCUT2D eigenvalue weighted by Gasteiger charge is 2.22. The van der Waals surface area contributed by atoms with Crippen molar-refractivity contribution in [2.45, 2.75) is 18.4 Å². The zero-order valence-electron chi connectivity index (χ0n) is 15.6. The largest absolute Gasteiger partial charge is 0.278 e. The van der Waals surface area contributed by atoms with Crippen LogP contribution in [0.1, 0.15) is 21.6 Å². The molecule has 0 saturated carbocycles. The lowest BCUT2D eigenvalue weighted by Crippen LogP contribution is -2.30. The lowest BCUT2D eigenvalue weighted by molar-refractivity contribution is 0.0984. The van der Waals surface area contributed by atoms with Crippen molar-refractivity contribution in [2.24, 2.45) is 0 Å². The van der Waals surface area contributed by atoms with Gasteiger partial charge in [-0.2, -0.15) is 0 Å². The van der Waals surface area contributed by atoms with Gasteiger partial charge in [0.2, 0.25) is 0 Å². The van der Waals surface area contributed by atoms with Gasteiger partial charge in [0, 0.05) is 16.7 Å². The fraction of sp³-hybridized carbons (Fsp3) is 0.136. The lowest BCUT2D eigenvalue weighted by Gasteiger charge is -2.19. The Morgan fingerprint density at radius 1 is 1.11 bits per heavy atom. The first-order chi connectivity index (χ1) is 13.6. The number of aromatic nitrogens is 2. The van der Waals surface area contributed by atoms with Crippen molar-refractivity contribution in [3.8, 4) is 0 Å². The van der Waals surface area contributed by atoms with E-state index in [1.54, 1.807) is 22.9 Å². The molecule has 0 aliphatic heterocycles. The van der Waals surface area contributed by atoms with Crippen LogP contribution in [0.15, 0.2) is 71.8 Å². The molecule has 4 rings (SSSR count). The zero-order chi connectivity index (χ0) is 19.5. The van der Waals surface area contributed by atoms with E-state index < -0.39 is 0 Å². The predicted molar refractivity (Wildman–Crippen MR) is 117 cm³/mol. The van der Waals surface area contributed by atoms with Crippen LogP contribution >= 0.6 is 23.1 Å². The Kier molecular flexibility index (Phi) is 5.41. The summed E-state index contributed by atoms with van der Waals surface area (Å²) in [6.45, 7) is 2.44. The number of fused-ring (bicyclic) bond motifs is 1. The van der Waals surface area contributed by atoms with Crippen molar-refractivity contribution >= 4 is 44.4 Å². The van der Waals surface area contributed by atoms with Crippen molar-refractivity contribution in [3.63, 3.8) is 0 Å². The van der Waals surface area contributed by atoms with Gasteiger partial charge in [0.05, 0.1) is 22.5 Å². The number of thiazole rings is 1. The summed E-state index contributed by atoms with van der Waals surface area (Å²) < 4.78 is 1.08. The number of rotatable bonds is 5. The molecule has 140 valence electrons. The third-order valence-corrected chi connectivity index (χ3v) is 6.18. The minimum atomic E-state index is -0.0749. The number of amides is 1. The van der Waals surface area contributed by atoms with Gasteiger partial charge in [0.1, 0.15) is 0 Å². The van der Waals surface area contributed by atoms with Crippen LogP contribution in [-0.4, -0.2) is 22.1 Å². The third-order valence-electron chi connectivity index (χ3n) is 4.39. The minimum Gasteiger partial charge on any atom is -0.278 e. The Morgan fingerprint density at radius 3 is 2.64 bits per heavy atom. The molecular weight excluding hydrogens is 386 g/mol. The fourth-order valence-corrected chi connectivity index (χ4v) is 4.37. The standard InChI is InChI=1S/C22H19N3OS2/c1-15-6-11-19-20(13-15)28-22(24-19)25(14-17-5-3-4-12-23-17)21(26)16-7-9-18(27-2)10-8-16/h3-13H,14H2,1-2H3. The Bertz CT molecular complexity index is 1110. The van der Waals surface area contributed by atoms with Gasteiger partial charge in [0.25, 0.3) is 5.91 Å². The van der Waals surface area contributed by atoms with Crippen LogP contribution < -0.4 is 4.90 Å². The summed E-state index contributed by atoms with van der Waals surface area (Å²) in [6, 6.07) is 19.6. The first-order valence-corrected chi connectivity index (χ1v) is 10.9. The molecule has 4 aromatic rings. The van der Waals surface area contributed by atoms with Gasteiger partial charge < -0.3 is 0 Å². The molecule has 1 amide bonds. The number of nitrogens with zero attached hydrogens (tertiary/aromatic N) is 3. The van der Waals surface area contributed by atoms with Crippen molar-refractivity contribution < 1.29 is 4.79 Å². The Morgan fingerprint density at radius 2 is 1.93 bits per heavy atom. The summed E-state index contributed by atoms with van der Waals surface area (Å²) in [6.07, 6.45) is 3.76. The van der Waals surface area contributed by atoms with Gasteiger partial charge in [-0.3, -0.25) is 14.7 Å². The number of anilines is 1. The summed E-state index contributed by atoms with van der Waals surface area (Å²) in [5.74, 6) is -0.0749. The summed E-state index contributed by atoms with van der Waals surface area (Å²) in [7, 11) is 0. The number of thioether (sulfide) groups is 1. The molecule has 2 aromatic carbocycles. The third kappa shape index (κ3) is 3.93. The van der Waals surface area contributed by atoms with Gasteiger partial charge in [0.15, 0.2) is 5.13 Å². The second-order valence-corrected chi connectivity index (χ2v) is 8.30. The van der Waals surface area contributed by atoms with Crippen molar-refractivity contribution in [3.05, 3.63) is 83.7 Å². The van der Waals surface area contributed by atoms with E-state index in [1.807, 2.05) is 60.9 Å². The van der Waals surface area contributed by atoms with Gasteiger partial charge >= 0.3 is 0 Å². The zero-order valence-corrected chi connectivity index (χ0v) is 17.3. The number of aryl methyl sites for hydroxylation is 1. The summed E-state index contributed by atoms with van der Waals surface area (Å²) in [5, 5.41) is 0.685. The molecule has 0 aliphatic carbocycles. The maximum Gasteiger partial charge on any atom is 0.260 e. The molecule has 0 bridgehead atoms. The Balaban J connectivity index is 1.74.